The van der Waals surface area contributed by atoms with Gasteiger partial charge in [-0.2, -0.15) is 13.2 Å². The summed E-state index contributed by atoms with van der Waals surface area (Å²) in [5.74, 6) is -2.96. The summed E-state index contributed by atoms with van der Waals surface area (Å²) in [6.45, 7) is 9.69. The molecule has 0 aliphatic heterocycles. The van der Waals surface area contributed by atoms with E-state index in [1.165, 1.54) is 0 Å². The average molecular weight is 489 g/mol. The minimum Gasteiger partial charge on any atom is -0.458 e. The molecule has 0 heterocycles. The molecule has 0 saturated heterocycles. The number of carbonyl (C=O) groups excluding carboxylic acids is 2. The number of amides is 1. The topological polar surface area (TPSA) is 126 Å². The highest BCUT2D eigenvalue weighted by Crippen LogP contribution is 2.50. The third-order valence-electron chi connectivity index (χ3n) is 4.68. The second-order valence-corrected chi connectivity index (χ2v) is 12.6. The van der Waals surface area contributed by atoms with Gasteiger partial charge in [-0.15, -0.1) is 0 Å². The molecule has 3 N–H and O–H groups in total. The zero-order valence-corrected chi connectivity index (χ0v) is 20.2. The van der Waals surface area contributed by atoms with E-state index in [4.69, 9.17) is 14.3 Å². The number of rotatable bonds is 9. The average Bonchev–Trinajstić information content (AvgIpc) is 3.37. The Kier molecular flexibility index (Phi) is 8.67. The van der Waals surface area contributed by atoms with Crippen molar-refractivity contribution >= 4 is 21.8 Å². The highest BCUT2D eigenvalue weighted by molar-refractivity contribution is 7.92. The molecule has 2 unspecified atom stereocenters. The van der Waals surface area contributed by atoms with Gasteiger partial charge >= 0.3 is 18.2 Å². The van der Waals surface area contributed by atoms with Gasteiger partial charge in [0, 0.05) is 21.2 Å². The molecule has 0 radical (unpaired) electrons. The molecule has 12 heteroatoms. The van der Waals surface area contributed by atoms with Gasteiger partial charge in [-0.05, 0) is 73.1 Å². The van der Waals surface area contributed by atoms with Crippen LogP contribution in [0.3, 0.4) is 0 Å². The Balaban J connectivity index is 2.85. The summed E-state index contributed by atoms with van der Waals surface area (Å²) in [5.41, 5.74) is -4.72. The fourth-order valence-electron chi connectivity index (χ4n) is 2.94. The molecule has 0 spiro atoms. The van der Waals surface area contributed by atoms with E-state index in [0.29, 0.717) is 0 Å². The van der Waals surface area contributed by atoms with Gasteiger partial charge < -0.3 is 19.9 Å². The predicted molar refractivity (Wildman–Crippen MR) is 113 cm³/mol. The number of ether oxygens (including phenoxy) is 2. The first-order valence-corrected chi connectivity index (χ1v) is 12.3. The number of aliphatic hydroxyl groups is 1. The summed E-state index contributed by atoms with van der Waals surface area (Å²) in [7, 11) is -3.58. The molecule has 8 nitrogen and oxygen atoms in total. The van der Waals surface area contributed by atoms with Crippen LogP contribution in [0.1, 0.15) is 67.2 Å². The molecule has 1 rings (SSSR count). The highest BCUT2D eigenvalue weighted by atomic mass is 32.2. The Morgan fingerprint density at radius 3 is 1.97 bits per heavy atom. The highest BCUT2D eigenvalue weighted by Gasteiger charge is 2.61. The Morgan fingerprint density at radius 1 is 1.06 bits per heavy atom. The van der Waals surface area contributed by atoms with Crippen LogP contribution in [0.25, 0.3) is 0 Å². The second kappa shape index (κ2) is 9.74. The van der Waals surface area contributed by atoms with Crippen molar-refractivity contribution in [2.75, 3.05) is 11.5 Å². The molecule has 0 aromatic carbocycles. The fraction of sp³-hybridized carbons (Fsp3) is 0.900. The lowest BCUT2D eigenvalue weighted by atomic mass is 9.94. The summed E-state index contributed by atoms with van der Waals surface area (Å²) in [6, 6.07) is -1.31. The van der Waals surface area contributed by atoms with Crippen molar-refractivity contribution in [3.8, 4) is 0 Å². The Morgan fingerprint density at radius 2 is 1.56 bits per heavy atom. The van der Waals surface area contributed by atoms with E-state index in [9.17, 15) is 32.1 Å². The first kappa shape index (κ1) is 28.5. The van der Waals surface area contributed by atoms with Gasteiger partial charge in [0.15, 0.2) is 5.60 Å². The third-order valence-corrected chi connectivity index (χ3v) is 6.43. The van der Waals surface area contributed by atoms with Crippen LogP contribution in [0.4, 0.5) is 18.0 Å². The molecule has 1 aliphatic rings. The maximum absolute atomic E-state index is 13.3. The van der Waals surface area contributed by atoms with Gasteiger partial charge in [0.2, 0.25) is 0 Å². The fourth-order valence-corrected chi connectivity index (χ4v) is 4.40. The molecule has 32 heavy (non-hydrogen) atoms. The number of carbonyl (C=O) groups is 2. The van der Waals surface area contributed by atoms with Crippen molar-refractivity contribution in [1.82, 2.24) is 5.32 Å². The molecule has 1 amide bonds. The summed E-state index contributed by atoms with van der Waals surface area (Å²) >= 11 is 0. The van der Waals surface area contributed by atoms with Gasteiger partial charge in [-0.1, -0.05) is 0 Å². The molecule has 1 fully saturated rings. The molecule has 0 bridgehead atoms. The maximum Gasteiger partial charge on any atom is 0.417 e. The molecule has 0 aromatic rings. The SMILES string of the molecule is CC(C)(C)OC(=O)N[C@@H](CCS(=N)(=O)CCC(O)(C1CC1)C(F)(F)F)C(=O)OC(C)(C)C. The van der Waals surface area contributed by atoms with Crippen LogP contribution >= 0.6 is 0 Å². The Bertz CT molecular complexity index is 783. The van der Waals surface area contributed by atoms with E-state index in [1.807, 2.05) is 0 Å². The Hall–Kier alpha value is -1.56. The summed E-state index contributed by atoms with van der Waals surface area (Å²) in [5, 5.41) is 12.4. The number of hydrogen-bond donors (Lipinski definition) is 3. The zero-order valence-electron chi connectivity index (χ0n) is 19.4. The quantitative estimate of drug-likeness (QED) is 0.425. The van der Waals surface area contributed by atoms with Crippen molar-refractivity contribution in [3.05, 3.63) is 0 Å². The van der Waals surface area contributed by atoms with E-state index in [-0.39, 0.29) is 19.3 Å². The summed E-state index contributed by atoms with van der Waals surface area (Å²) < 4.78 is 70.8. The van der Waals surface area contributed by atoms with Crippen LogP contribution in [0.2, 0.25) is 0 Å². The number of nitrogens with one attached hydrogen (secondary N) is 2. The van der Waals surface area contributed by atoms with E-state index < -0.39 is 74.7 Å². The lowest BCUT2D eigenvalue weighted by molar-refractivity contribution is -0.269. The number of alkyl carbamates (subject to hydrolysis) is 1. The van der Waals surface area contributed by atoms with Gasteiger partial charge in [0.25, 0.3) is 0 Å². The monoisotopic (exact) mass is 488 g/mol. The number of esters is 1. The van der Waals surface area contributed by atoms with Gasteiger partial charge in [-0.25, -0.2) is 13.8 Å². The normalized spacial score (nSPS) is 19.9. The minimum atomic E-state index is -4.89. The maximum atomic E-state index is 13.3. The number of alkyl halides is 3. The van der Waals surface area contributed by atoms with Crippen molar-refractivity contribution in [1.29, 1.82) is 4.78 Å². The Labute approximate surface area is 187 Å². The molecule has 1 aliphatic carbocycles. The second-order valence-electron chi connectivity index (χ2n) is 10.2. The third kappa shape index (κ3) is 9.51. The van der Waals surface area contributed by atoms with Crippen molar-refractivity contribution in [2.45, 2.75) is 96.2 Å². The molecule has 188 valence electrons. The van der Waals surface area contributed by atoms with Crippen LogP contribution in [-0.4, -0.2) is 61.9 Å². The summed E-state index contributed by atoms with van der Waals surface area (Å²) in [6.07, 6.45) is -6.54. The van der Waals surface area contributed by atoms with Gasteiger partial charge in [-0.3, -0.25) is 4.78 Å². The van der Waals surface area contributed by atoms with Crippen molar-refractivity contribution in [3.63, 3.8) is 0 Å². The van der Waals surface area contributed by atoms with Gasteiger partial charge in [0.1, 0.15) is 17.2 Å². The van der Waals surface area contributed by atoms with E-state index in [1.54, 1.807) is 41.5 Å². The molecule has 0 aromatic heterocycles. The van der Waals surface area contributed by atoms with E-state index in [2.05, 4.69) is 5.32 Å². The molecular weight excluding hydrogens is 453 g/mol. The largest absolute Gasteiger partial charge is 0.458 e. The van der Waals surface area contributed by atoms with Crippen LogP contribution in [0.5, 0.6) is 0 Å². The van der Waals surface area contributed by atoms with Crippen molar-refractivity contribution < 1.29 is 41.5 Å². The smallest absolute Gasteiger partial charge is 0.417 e. The van der Waals surface area contributed by atoms with E-state index in [0.717, 1.165) is 0 Å². The zero-order chi connectivity index (χ0) is 25.2. The molecule has 1 saturated carbocycles. The van der Waals surface area contributed by atoms with Crippen LogP contribution in [0.15, 0.2) is 0 Å². The van der Waals surface area contributed by atoms with Crippen molar-refractivity contribution in [2.24, 2.45) is 5.92 Å². The van der Waals surface area contributed by atoms with Crippen LogP contribution in [0, 0.1) is 10.7 Å². The standard InChI is InChI=1S/C20H35F3N2O6S/c1-17(2,3)30-15(26)14(25-16(27)31-18(4,5)6)9-11-32(24,29)12-10-19(28,13-7-8-13)20(21,22)23/h13-14,24,28H,7-12H2,1-6H3,(H,25,27)/t14-,19?,32?/m0/s1. The number of halogens is 3. The predicted octanol–water partition coefficient (Wildman–Crippen LogP) is 3.75. The lowest BCUT2D eigenvalue weighted by Gasteiger charge is -2.31. The minimum absolute atomic E-state index is 0.218. The van der Waals surface area contributed by atoms with Gasteiger partial charge in [0.05, 0.1) is 0 Å². The van der Waals surface area contributed by atoms with Crippen LogP contribution < -0.4 is 5.32 Å². The van der Waals surface area contributed by atoms with Crippen LogP contribution in [-0.2, 0) is 24.0 Å². The summed E-state index contributed by atoms with van der Waals surface area (Å²) in [4.78, 5) is 24.6. The molecule has 3 atom stereocenters. The number of hydrogen-bond acceptors (Lipinski definition) is 7. The lowest BCUT2D eigenvalue weighted by Crippen LogP contribution is -2.49. The first-order chi connectivity index (χ1) is 14.2. The van der Waals surface area contributed by atoms with E-state index >= 15 is 0 Å². The first-order valence-electron chi connectivity index (χ1n) is 10.4. The molecular formula is C20H35F3N2O6S.